The first-order valence-electron chi connectivity index (χ1n) is 8.64. The fourth-order valence-electron chi connectivity index (χ4n) is 3.03. The minimum Gasteiger partial charge on any atom is -0.486 e. The van der Waals surface area contributed by atoms with Crippen molar-refractivity contribution in [2.24, 2.45) is 5.92 Å². The number of hydrogen-bond acceptors (Lipinski definition) is 6. The molecule has 2 heterocycles. The lowest BCUT2D eigenvalue weighted by Gasteiger charge is -2.18. The Hall–Kier alpha value is -1.80. The van der Waals surface area contributed by atoms with Gasteiger partial charge >= 0.3 is 0 Å². The number of fused-ring (bicyclic) bond motifs is 1. The van der Waals surface area contributed by atoms with Crippen molar-refractivity contribution in [2.45, 2.75) is 24.2 Å². The van der Waals surface area contributed by atoms with Gasteiger partial charge in [-0.1, -0.05) is 0 Å². The van der Waals surface area contributed by atoms with E-state index in [0.717, 1.165) is 25.9 Å². The first-order chi connectivity index (χ1) is 12.0. The summed E-state index contributed by atoms with van der Waals surface area (Å²) in [6.45, 7) is 3.47. The van der Waals surface area contributed by atoms with Crippen molar-refractivity contribution in [2.75, 3.05) is 38.6 Å². The van der Waals surface area contributed by atoms with Crippen LogP contribution in [0.15, 0.2) is 23.1 Å². The molecule has 0 aliphatic carbocycles. The summed E-state index contributed by atoms with van der Waals surface area (Å²) < 4.78 is 35.6. The molecule has 2 aliphatic heterocycles. The number of amides is 1. The number of carbonyl (C=O) groups excluding carboxylic acids is 1. The molecule has 25 heavy (non-hydrogen) atoms. The zero-order valence-corrected chi connectivity index (χ0v) is 14.9. The van der Waals surface area contributed by atoms with Crippen LogP contribution in [0.3, 0.4) is 0 Å². The molecular formula is C17H24N2O5S. The van der Waals surface area contributed by atoms with Crippen molar-refractivity contribution in [3.8, 4) is 11.5 Å². The molecule has 1 unspecified atom stereocenters. The highest BCUT2D eigenvalue weighted by atomic mass is 32.2. The highest BCUT2D eigenvalue weighted by Crippen LogP contribution is 2.32. The highest BCUT2D eigenvalue weighted by molar-refractivity contribution is 7.91. The lowest BCUT2D eigenvalue weighted by atomic mass is 10.1. The van der Waals surface area contributed by atoms with E-state index in [1.807, 2.05) is 0 Å². The molecule has 0 radical (unpaired) electrons. The van der Waals surface area contributed by atoms with E-state index in [-0.39, 0.29) is 23.0 Å². The molecule has 3 rings (SSSR count). The fraction of sp³-hybridized carbons (Fsp3) is 0.588. The monoisotopic (exact) mass is 368 g/mol. The van der Waals surface area contributed by atoms with Gasteiger partial charge in [0.15, 0.2) is 21.3 Å². The second-order valence-corrected chi connectivity index (χ2v) is 8.48. The Balaban J connectivity index is 1.48. The summed E-state index contributed by atoms with van der Waals surface area (Å²) in [5.74, 6) is 1.13. The number of nitrogens with one attached hydrogen (secondary N) is 2. The quantitative estimate of drug-likeness (QED) is 0.737. The smallest absolute Gasteiger partial charge is 0.221 e. The number of hydrogen-bond donors (Lipinski definition) is 2. The summed E-state index contributed by atoms with van der Waals surface area (Å²) in [7, 11) is -3.54. The summed E-state index contributed by atoms with van der Waals surface area (Å²) in [4.78, 5) is 12.0. The van der Waals surface area contributed by atoms with Gasteiger partial charge in [-0.2, -0.15) is 0 Å². The lowest BCUT2D eigenvalue weighted by Crippen LogP contribution is -2.28. The van der Waals surface area contributed by atoms with E-state index >= 15 is 0 Å². The Morgan fingerprint density at radius 1 is 1.24 bits per heavy atom. The number of benzene rings is 1. The fourth-order valence-corrected chi connectivity index (χ4v) is 4.28. The maximum absolute atomic E-state index is 12.4. The molecule has 0 spiro atoms. The van der Waals surface area contributed by atoms with Gasteiger partial charge in [0.05, 0.1) is 10.6 Å². The molecule has 2 N–H and O–H groups in total. The van der Waals surface area contributed by atoms with Crippen molar-refractivity contribution in [1.82, 2.24) is 10.6 Å². The zero-order valence-electron chi connectivity index (χ0n) is 14.1. The zero-order chi connectivity index (χ0) is 17.7. The summed E-state index contributed by atoms with van der Waals surface area (Å²) in [5, 5.41) is 6.09. The molecule has 1 aromatic rings. The van der Waals surface area contributed by atoms with Gasteiger partial charge in [-0.15, -0.1) is 0 Å². The van der Waals surface area contributed by atoms with Crippen molar-refractivity contribution in [3.63, 3.8) is 0 Å². The van der Waals surface area contributed by atoms with Crippen molar-refractivity contribution in [3.05, 3.63) is 18.2 Å². The molecule has 0 saturated carbocycles. The van der Waals surface area contributed by atoms with Gasteiger partial charge in [0.1, 0.15) is 13.2 Å². The molecule has 7 nitrogen and oxygen atoms in total. The second kappa shape index (κ2) is 8.05. The number of ether oxygens (including phenoxy) is 2. The van der Waals surface area contributed by atoms with Crippen LogP contribution in [0, 0.1) is 5.92 Å². The van der Waals surface area contributed by atoms with E-state index in [9.17, 15) is 13.2 Å². The third kappa shape index (κ3) is 4.85. The van der Waals surface area contributed by atoms with Crippen LogP contribution in [0.4, 0.5) is 0 Å². The van der Waals surface area contributed by atoms with Crippen molar-refractivity contribution >= 4 is 15.7 Å². The number of rotatable bonds is 7. The van der Waals surface area contributed by atoms with E-state index in [2.05, 4.69) is 10.6 Å². The van der Waals surface area contributed by atoms with Crippen LogP contribution in [-0.4, -0.2) is 52.9 Å². The SMILES string of the molecule is O=C(CCS(=O)(=O)c1ccc2c(c1)OCCO2)NCCC1CCNC1. The Kier molecular flexibility index (Phi) is 5.80. The van der Waals surface area contributed by atoms with E-state index in [0.29, 0.717) is 37.2 Å². The Morgan fingerprint density at radius 2 is 2.04 bits per heavy atom. The maximum atomic E-state index is 12.4. The van der Waals surface area contributed by atoms with E-state index in [4.69, 9.17) is 9.47 Å². The van der Waals surface area contributed by atoms with Crippen LogP contribution in [0.1, 0.15) is 19.3 Å². The minimum absolute atomic E-state index is 0.0420. The van der Waals surface area contributed by atoms with Crippen molar-refractivity contribution in [1.29, 1.82) is 0 Å². The predicted octanol–water partition coefficient (Wildman–Crippen LogP) is 0.737. The number of sulfone groups is 1. The van der Waals surface area contributed by atoms with Gasteiger partial charge in [0, 0.05) is 19.0 Å². The second-order valence-electron chi connectivity index (χ2n) is 6.37. The van der Waals surface area contributed by atoms with E-state index in [1.165, 1.54) is 12.1 Å². The molecule has 1 aromatic carbocycles. The van der Waals surface area contributed by atoms with Gasteiger partial charge in [-0.05, 0) is 44.0 Å². The molecule has 8 heteroatoms. The minimum atomic E-state index is -3.54. The topological polar surface area (TPSA) is 93.7 Å². The Labute approximate surface area is 148 Å². The lowest BCUT2D eigenvalue weighted by molar-refractivity contribution is -0.120. The third-order valence-electron chi connectivity index (χ3n) is 4.51. The molecular weight excluding hydrogens is 344 g/mol. The largest absolute Gasteiger partial charge is 0.486 e. The maximum Gasteiger partial charge on any atom is 0.221 e. The average Bonchev–Trinajstić information content (AvgIpc) is 3.13. The molecule has 0 bridgehead atoms. The summed E-state index contributed by atoms with van der Waals surface area (Å²) in [5.41, 5.74) is 0. The Bertz CT molecular complexity index is 714. The Morgan fingerprint density at radius 3 is 2.80 bits per heavy atom. The van der Waals surface area contributed by atoms with E-state index in [1.54, 1.807) is 6.07 Å². The molecule has 2 aliphatic rings. The summed E-state index contributed by atoms with van der Waals surface area (Å²) in [6.07, 6.45) is 2.02. The molecule has 1 amide bonds. The first-order valence-corrected chi connectivity index (χ1v) is 10.3. The van der Waals surface area contributed by atoms with Crippen LogP contribution in [0.2, 0.25) is 0 Å². The molecule has 1 saturated heterocycles. The van der Waals surface area contributed by atoms with Crippen LogP contribution < -0.4 is 20.1 Å². The van der Waals surface area contributed by atoms with Crippen LogP contribution >= 0.6 is 0 Å². The summed E-state index contributed by atoms with van der Waals surface area (Å²) >= 11 is 0. The molecule has 1 fully saturated rings. The number of carbonyl (C=O) groups is 1. The van der Waals surface area contributed by atoms with Gasteiger partial charge in [-0.3, -0.25) is 4.79 Å². The van der Waals surface area contributed by atoms with Gasteiger partial charge in [0.25, 0.3) is 0 Å². The van der Waals surface area contributed by atoms with Gasteiger partial charge in [-0.25, -0.2) is 8.42 Å². The average molecular weight is 368 g/mol. The van der Waals surface area contributed by atoms with Gasteiger partial charge < -0.3 is 20.1 Å². The normalized spacial score (nSPS) is 19.6. The molecule has 0 aromatic heterocycles. The standard InChI is InChI=1S/C17H24N2O5S/c20-17(19-7-4-13-3-6-18-12-13)5-10-25(21,22)14-1-2-15-16(11-14)24-9-8-23-15/h1-2,11,13,18H,3-10,12H2,(H,19,20). The van der Waals surface area contributed by atoms with Gasteiger partial charge in [0.2, 0.25) is 5.91 Å². The van der Waals surface area contributed by atoms with Crippen LogP contribution in [0.25, 0.3) is 0 Å². The van der Waals surface area contributed by atoms with Crippen LogP contribution in [-0.2, 0) is 14.6 Å². The molecule has 1 atom stereocenters. The molecule has 138 valence electrons. The first kappa shape index (κ1) is 18.0. The third-order valence-corrected chi connectivity index (χ3v) is 6.22. The van der Waals surface area contributed by atoms with E-state index < -0.39 is 9.84 Å². The highest BCUT2D eigenvalue weighted by Gasteiger charge is 2.21. The van der Waals surface area contributed by atoms with Crippen LogP contribution in [0.5, 0.6) is 11.5 Å². The van der Waals surface area contributed by atoms with Crippen molar-refractivity contribution < 1.29 is 22.7 Å². The summed E-state index contributed by atoms with van der Waals surface area (Å²) in [6, 6.07) is 4.56. The predicted molar refractivity (Wildman–Crippen MR) is 92.7 cm³/mol.